The first-order valence-corrected chi connectivity index (χ1v) is 11.8. The van der Waals surface area contributed by atoms with E-state index in [2.05, 4.69) is 34.9 Å². The number of anilines is 1. The maximum absolute atomic E-state index is 12.2. The molecular formula is C23H30N3O3S+. The third kappa shape index (κ3) is 7.39. The number of likely N-dealkylation sites (tertiary alicyclic amines) is 1. The molecular weight excluding hydrogens is 398 g/mol. The summed E-state index contributed by atoms with van der Waals surface area (Å²) in [5, 5.41) is 5.70. The van der Waals surface area contributed by atoms with E-state index >= 15 is 0 Å². The molecule has 160 valence electrons. The largest absolute Gasteiger partial charge is 0.352 e. The lowest BCUT2D eigenvalue weighted by atomic mass is 10.0. The third-order valence-corrected chi connectivity index (χ3v) is 6.44. The number of nitrogens with one attached hydrogen (secondary N) is 3. The van der Waals surface area contributed by atoms with Crippen LogP contribution in [0.25, 0.3) is 0 Å². The number of amides is 2. The van der Waals surface area contributed by atoms with Gasteiger partial charge in [-0.2, -0.15) is 0 Å². The van der Waals surface area contributed by atoms with Crippen molar-refractivity contribution in [2.75, 3.05) is 29.9 Å². The van der Waals surface area contributed by atoms with Gasteiger partial charge >= 0.3 is 0 Å². The second-order valence-corrected chi connectivity index (χ2v) is 9.35. The van der Waals surface area contributed by atoms with Gasteiger partial charge in [0, 0.05) is 40.9 Å². The summed E-state index contributed by atoms with van der Waals surface area (Å²) in [6.45, 7) is 4.97. The first-order valence-electron chi connectivity index (χ1n) is 10.4. The van der Waals surface area contributed by atoms with Crippen molar-refractivity contribution in [3.8, 4) is 0 Å². The Morgan fingerprint density at radius 2 is 1.60 bits per heavy atom. The standard InChI is InChI=1S/C23H29N3O3S/c1-18-7-9-20(10-8-18)24-22(27)16-30(29)17-23(28)25-21-11-13-26(14-12-21)15-19-5-3-2-4-6-19/h2-10,21H,11-17H2,1H3,(H,24,27)(H,25,28)/p+1/t30-/m1/s1. The second-order valence-electron chi connectivity index (χ2n) is 7.90. The SMILES string of the molecule is Cc1ccc(NC(=O)C[S@@](=O)CC(=O)NC2CC[NH+](Cc3ccccc3)CC2)cc1. The van der Waals surface area contributed by atoms with Gasteiger partial charge in [0.05, 0.1) is 13.1 Å². The van der Waals surface area contributed by atoms with Crippen LogP contribution in [0.2, 0.25) is 0 Å². The highest BCUT2D eigenvalue weighted by Gasteiger charge is 2.24. The maximum Gasteiger partial charge on any atom is 0.237 e. The van der Waals surface area contributed by atoms with Gasteiger partial charge in [-0.3, -0.25) is 13.8 Å². The van der Waals surface area contributed by atoms with Crippen LogP contribution in [-0.2, 0) is 26.9 Å². The number of hydrogen-bond donors (Lipinski definition) is 3. The quantitative estimate of drug-likeness (QED) is 0.588. The summed E-state index contributed by atoms with van der Waals surface area (Å²) in [7, 11) is -1.53. The highest BCUT2D eigenvalue weighted by atomic mass is 32.2. The number of benzene rings is 2. The fourth-order valence-corrected chi connectivity index (χ4v) is 4.52. The molecule has 0 bridgehead atoms. The summed E-state index contributed by atoms with van der Waals surface area (Å²) in [6.07, 6.45) is 1.82. The van der Waals surface area contributed by atoms with Crippen molar-refractivity contribution in [2.45, 2.75) is 32.4 Å². The van der Waals surface area contributed by atoms with Crippen molar-refractivity contribution in [1.82, 2.24) is 5.32 Å². The summed E-state index contributed by atoms with van der Waals surface area (Å²) in [6, 6.07) is 17.9. The molecule has 0 aromatic heterocycles. The minimum absolute atomic E-state index is 0.121. The van der Waals surface area contributed by atoms with Crippen LogP contribution < -0.4 is 15.5 Å². The molecule has 1 fully saturated rings. The van der Waals surface area contributed by atoms with Gasteiger partial charge < -0.3 is 15.5 Å². The summed E-state index contributed by atoms with van der Waals surface area (Å²) in [5.74, 6) is -0.907. The van der Waals surface area contributed by atoms with E-state index in [1.165, 1.54) is 10.5 Å². The van der Waals surface area contributed by atoms with Crippen molar-refractivity contribution in [1.29, 1.82) is 0 Å². The van der Waals surface area contributed by atoms with E-state index in [-0.39, 0.29) is 29.4 Å². The van der Waals surface area contributed by atoms with Gasteiger partial charge in [0.2, 0.25) is 11.8 Å². The van der Waals surface area contributed by atoms with Crippen LogP contribution >= 0.6 is 0 Å². The van der Waals surface area contributed by atoms with Crippen molar-refractivity contribution >= 4 is 28.3 Å². The van der Waals surface area contributed by atoms with E-state index < -0.39 is 10.8 Å². The van der Waals surface area contributed by atoms with Crippen molar-refractivity contribution in [2.24, 2.45) is 0 Å². The van der Waals surface area contributed by atoms with Crippen LogP contribution in [0, 0.1) is 6.92 Å². The van der Waals surface area contributed by atoms with E-state index in [9.17, 15) is 13.8 Å². The molecule has 0 unspecified atom stereocenters. The van der Waals surface area contributed by atoms with E-state index in [1.807, 2.05) is 25.1 Å². The van der Waals surface area contributed by atoms with E-state index in [0.29, 0.717) is 5.69 Å². The number of hydrogen-bond acceptors (Lipinski definition) is 3. The second kappa shape index (κ2) is 11.0. The normalized spacial score (nSPS) is 19.6. The van der Waals surface area contributed by atoms with Crippen LogP contribution in [0.1, 0.15) is 24.0 Å². The summed E-state index contributed by atoms with van der Waals surface area (Å²) in [4.78, 5) is 25.8. The molecule has 0 spiro atoms. The topological polar surface area (TPSA) is 79.7 Å². The van der Waals surface area contributed by atoms with Gasteiger partial charge in [-0.15, -0.1) is 0 Å². The van der Waals surface area contributed by atoms with E-state index in [4.69, 9.17) is 0 Å². The lowest BCUT2D eigenvalue weighted by Gasteiger charge is -2.29. The zero-order chi connectivity index (χ0) is 21.3. The van der Waals surface area contributed by atoms with Gasteiger partial charge in [-0.1, -0.05) is 48.0 Å². The molecule has 1 saturated heterocycles. The van der Waals surface area contributed by atoms with Gasteiger partial charge in [0.1, 0.15) is 18.1 Å². The molecule has 3 N–H and O–H groups in total. The Bertz CT molecular complexity index is 863. The number of carbonyl (C=O) groups excluding carboxylic acids is 2. The molecule has 2 aromatic carbocycles. The number of rotatable bonds is 8. The minimum Gasteiger partial charge on any atom is -0.352 e. The van der Waals surface area contributed by atoms with Crippen molar-refractivity contribution in [3.63, 3.8) is 0 Å². The van der Waals surface area contributed by atoms with Crippen molar-refractivity contribution in [3.05, 3.63) is 65.7 Å². The Morgan fingerprint density at radius 3 is 2.27 bits per heavy atom. The average molecular weight is 429 g/mol. The summed E-state index contributed by atoms with van der Waals surface area (Å²) >= 11 is 0. The Morgan fingerprint density at radius 1 is 0.967 bits per heavy atom. The smallest absolute Gasteiger partial charge is 0.237 e. The van der Waals surface area contributed by atoms with Crippen LogP contribution in [0.4, 0.5) is 5.69 Å². The predicted octanol–water partition coefficient (Wildman–Crippen LogP) is 1.05. The van der Waals surface area contributed by atoms with Crippen LogP contribution in [-0.4, -0.2) is 46.7 Å². The molecule has 1 aliphatic rings. The fourth-order valence-electron chi connectivity index (χ4n) is 3.68. The molecule has 1 aliphatic heterocycles. The zero-order valence-corrected chi connectivity index (χ0v) is 18.2. The molecule has 0 radical (unpaired) electrons. The number of aryl methyl sites for hydroxylation is 1. The zero-order valence-electron chi connectivity index (χ0n) is 17.4. The highest BCUT2D eigenvalue weighted by molar-refractivity contribution is 7.86. The van der Waals surface area contributed by atoms with E-state index in [1.54, 1.807) is 12.1 Å². The Balaban J connectivity index is 1.34. The fraction of sp³-hybridized carbons (Fsp3) is 0.391. The predicted molar refractivity (Wildman–Crippen MR) is 120 cm³/mol. The van der Waals surface area contributed by atoms with E-state index in [0.717, 1.165) is 38.0 Å². The molecule has 2 aromatic rings. The van der Waals surface area contributed by atoms with Crippen LogP contribution in [0.15, 0.2) is 54.6 Å². The molecule has 2 amide bonds. The Hall–Kier alpha value is -2.51. The summed E-state index contributed by atoms with van der Waals surface area (Å²) in [5.41, 5.74) is 3.09. The first-order chi connectivity index (χ1) is 14.5. The molecule has 1 heterocycles. The average Bonchev–Trinajstić information content (AvgIpc) is 2.71. The molecule has 6 nitrogen and oxygen atoms in total. The number of quaternary nitrogens is 1. The van der Waals surface area contributed by atoms with Gasteiger partial charge in [-0.05, 0) is 19.1 Å². The highest BCUT2D eigenvalue weighted by Crippen LogP contribution is 2.08. The van der Waals surface area contributed by atoms with Gasteiger partial charge in [0.25, 0.3) is 0 Å². The molecule has 0 aliphatic carbocycles. The minimum atomic E-state index is -1.53. The molecule has 1 atom stereocenters. The molecule has 7 heteroatoms. The lowest BCUT2D eigenvalue weighted by Crippen LogP contribution is -3.12. The number of carbonyl (C=O) groups is 2. The monoisotopic (exact) mass is 428 g/mol. The molecule has 3 rings (SSSR count). The third-order valence-electron chi connectivity index (χ3n) is 5.27. The van der Waals surface area contributed by atoms with Gasteiger partial charge in [0.15, 0.2) is 0 Å². The molecule has 30 heavy (non-hydrogen) atoms. The molecule has 0 saturated carbocycles. The summed E-state index contributed by atoms with van der Waals surface area (Å²) < 4.78 is 12.2. The van der Waals surface area contributed by atoms with Crippen LogP contribution in [0.3, 0.4) is 0 Å². The number of piperidine rings is 1. The lowest BCUT2D eigenvalue weighted by molar-refractivity contribution is -0.918. The van der Waals surface area contributed by atoms with Crippen LogP contribution in [0.5, 0.6) is 0 Å². The Kier molecular flexibility index (Phi) is 8.16. The Labute approximate surface area is 180 Å². The van der Waals surface area contributed by atoms with Crippen molar-refractivity contribution < 1.29 is 18.7 Å². The first kappa shape index (κ1) is 22.2. The maximum atomic E-state index is 12.2. The van der Waals surface area contributed by atoms with Gasteiger partial charge in [-0.25, -0.2) is 0 Å².